The maximum Gasteiger partial charge on any atom is 0.414 e. The molecule has 3 N–H and O–H groups in total. The number of aliphatic hydroxyl groups is 1. The number of nitrogens with zero attached hydrogens (tertiary/aromatic N) is 1. The molecule has 0 aliphatic heterocycles. The minimum atomic E-state index is -1.82. The van der Waals surface area contributed by atoms with E-state index in [1.807, 2.05) is 48.7 Å². The molecule has 0 fully saturated rings. The van der Waals surface area contributed by atoms with Crippen LogP contribution in [0.15, 0.2) is 79.1 Å². The van der Waals surface area contributed by atoms with Crippen LogP contribution >= 0.6 is 0 Å². The van der Waals surface area contributed by atoms with E-state index in [1.165, 1.54) is 5.56 Å². The summed E-state index contributed by atoms with van der Waals surface area (Å²) in [5.74, 6) is -2.65. The summed E-state index contributed by atoms with van der Waals surface area (Å²) < 4.78 is 6.15. The summed E-state index contributed by atoms with van der Waals surface area (Å²) in [7, 11) is 0. The molecule has 0 saturated carbocycles. The van der Waals surface area contributed by atoms with Gasteiger partial charge < -0.3 is 20.1 Å². The van der Waals surface area contributed by atoms with Crippen LogP contribution in [0.1, 0.15) is 25.8 Å². The molecule has 174 valence electrons. The number of rotatable bonds is 8. The van der Waals surface area contributed by atoms with Crippen molar-refractivity contribution in [3.63, 3.8) is 0 Å². The van der Waals surface area contributed by atoms with Crippen molar-refractivity contribution in [1.29, 1.82) is 0 Å². The van der Waals surface area contributed by atoms with Crippen molar-refractivity contribution in [2.24, 2.45) is 5.92 Å². The van der Waals surface area contributed by atoms with E-state index in [0.717, 1.165) is 23.3 Å². The van der Waals surface area contributed by atoms with Crippen molar-refractivity contribution < 1.29 is 29.6 Å². The Kier molecular flexibility index (Phi) is 10.0. The maximum atomic E-state index is 10.7. The third-order valence-corrected chi connectivity index (χ3v) is 4.90. The average Bonchev–Trinajstić information content (AvgIpc) is 2.83. The van der Waals surface area contributed by atoms with Crippen LogP contribution in [-0.4, -0.2) is 44.5 Å². The van der Waals surface area contributed by atoms with Crippen LogP contribution in [0, 0.1) is 5.92 Å². The Morgan fingerprint density at radius 3 is 2.00 bits per heavy atom. The molecule has 0 saturated heterocycles. The van der Waals surface area contributed by atoms with Gasteiger partial charge in [0.2, 0.25) is 0 Å². The van der Waals surface area contributed by atoms with Crippen molar-refractivity contribution in [3.05, 3.63) is 84.7 Å². The van der Waals surface area contributed by atoms with Gasteiger partial charge in [0.15, 0.2) is 0 Å². The molecule has 33 heavy (non-hydrogen) atoms. The van der Waals surface area contributed by atoms with E-state index in [2.05, 4.69) is 43.1 Å². The molecule has 0 spiro atoms. The lowest BCUT2D eigenvalue weighted by Gasteiger charge is -2.27. The monoisotopic (exact) mass is 451 g/mol. The number of aliphatic hydroxyl groups excluding tert-OH is 1. The number of aromatic nitrogens is 1. The molecule has 0 bridgehead atoms. The van der Waals surface area contributed by atoms with Gasteiger partial charge in [0.05, 0.1) is 6.10 Å². The van der Waals surface area contributed by atoms with E-state index >= 15 is 0 Å². The number of aryl methyl sites for hydroxylation is 1. The van der Waals surface area contributed by atoms with E-state index < -0.39 is 18.0 Å². The summed E-state index contributed by atoms with van der Waals surface area (Å²) in [4.78, 5) is 22.3. The minimum absolute atomic E-state index is 0.211. The molecule has 1 aromatic heterocycles. The second kappa shape index (κ2) is 13.0. The van der Waals surface area contributed by atoms with Gasteiger partial charge in [0.25, 0.3) is 0 Å². The number of carbonyl (C=O) groups is 2. The SMILES string of the molecule is CC(C)[C@H](Oc1ccc(-c2ccccc2)cc1)[C@@H](O)CCc1cccnc1.O=C(O)C(=O)O. The van der Waals surface area contributed by atoms with Crippen LogP contribution < -0.4 is 4.74 Å². The van der Waals surface area contributed by atoms with Gasteiger partial charge in [0.1, 0.15) is 11.9 Å². The third kappa shape index (κ3) is 8.74. The number of carboxylic acid groups (broad SMARTS) is 2. The molecule has 2 aromatic carbocycles. The Balaban J connectivity index is 0.000000569. The zero-order valence-corrected chi connectivity index (χ0v) is 18.7. The van der Waals surface area contributed by atoms with Crippen LogP contribution in [0.4, 0.5) is 0 Å². The molecule has 3 rings (SSSR count). The van der Waals surface area contributed by atoms with E-state index in [-0.39, 0.29) is 12.0 Å². The molecule has 7 nitrogen and oxygen atoms in total. The Morgan fingerprint density at radius 2 is 1.48 bits per heavy atom. The Labute approximate surface area is 193 Å². The number of aliphatic carboxylic acids is 2. The Hall–Kier alpha value is -3.71. The van der Waals surface area contributed by atoms with E-state index in [1.54, 1.807) is 6.20 Å². The summed E-state index contributed by atoms with van der Waals surface area (Å²) in [6.07, 6.45) is 4.27. The van der Waals surface area contributed by atoms with Crippen LogP contribution in [0.25, 0.3) is 11.1 Å². The lowest BCUT2D eigenvalue weighted by Crippen LogP contribution is -2.36. The van der Waals surface area contributed by atoms with Crippen molar-refractivity contribution in [2.75, 3.05) is 0 Å². The fourth-order valence-electron chi connectivity index (χ4n) is 3.20. The molecule has 0 radical (unpaired) electrons. The smallest absolute Gasteiger partial charge is 0.414 e. The van der Waals surface area contributed by atoms with Crippen molar-refractivity contribution in [1.82, 2.24) is 4.98 Å². The number of carboxylic acids is 2. The van der Waals surface area contributed by atoms with Gasteiger partial charge in [-0.15, -0.1) is 0 Å². The highest BCUT2D eigenvalue weighted by atomic mass is 16.5. The molecular weight excluding hydrogens is 422 g/mol. The fourth-order valence-corrected chi connectivity index (χ4v) is 3.20. The van der Waals surface area contributed by atoms with Gasteiger partial charge >= 0.3 is 11.9 Å². The summed E-state index contributed by atoms with van der Waals surface area (Å²) in [6, 6.07) is 22.3. The highest BCUT2D eigenvalue weighted by Crippen LogP contribution is 2.25. The summed E-state index contributed by atoms with van der Waals surface area (Å²) >= 11 is 0. The number of ether oxygens (including phenoxy) is 1. The standard InChI is InChI=1S/C24H27NO2.C2H2O4/c1-18(2)24(23(26)15-10-19-7-6-16-25-17-19)27-22-13-11-21(12-14-22)20-8-4-3-5-9-20;3-1(4)2(5)6/h3-9,11-14,16-18,23-24,26H,10,15H2,1-2H3;(H,3,4)(H,5,6)/t23-,24-;/m0./s1. The predicted octanol–water partition coefficient (Wildman–Crippen LogP) is 4.30. The second-order valence-corrected chi connectivity index (χ2v) is 7.79. The van der Waals surface area contributed by atoms with Gasteiger partial charge in [-0.1, -0.05) is 62.4 Å². The minimum Gasteiger partial charge on any atom is -0.487 e. The number of pyridine rings is 1. The average molecular weight is 452 g/mol. The second-order valence-electron chi connectivity index (χ2n) is 7.79. The predicted molar refractivity (Wildman–Crippen MR) is 125 cm³/mol. The van der Waals surface area contributed by atoms with Crippen molar-refractivity contribution >= 4 is 11.9 Å². The lowest BCUT2D eigenvalue weighted by molar-refractivity contribution is -0.159. The molecular formula is C26H29NO6. The van der Waals surface area contributed by atoms with Crippen molar-refractivity contribution in [2.45, 2.75) is 38.9 Å². The number of hydrogen-bond acceptors (Lipinski definition) is 5. The molecule has 1 heterocycles. The number of benzene rings is 2. The highest BCUT2D eigenvalue weighted by Gasteiger charge is 2.24. The van der Waals surface area contributed by atoms with E-state index in [4.69, 9.17) is 24.5 Å². The van der Waals surface area contributed by atoms with E-state index in [9.17, 15) is 5.11 Å². The molecule has 2 atom stereocenters. The molecule has 0 amide bonds. The van der Waals surface area contributed by atoms with Gasteiger partial charge in [0, 0.05) is 12.4 Å². The quantitative estimate of drug-likeness (QED) is 0.437. The zero-order chi connectivity index (χ0) is 24.2. The van der Waals surface area contributed by atoms with E-state index in [0.29, 0.717) is 6.42 Å². The first kappa shape index (κ1) is 25.5. The lowest BCUT2D eigenvalue weighted by atomic mass is 9.96. The normalized spacial score (nSPS) is 12.2. The topological polar surface area (TPSA) is 117 Å². The maximum absolute atomic E-state index is 10.7. The van der Waals surface area contributed by atoms with Crippen LogP contribution in [0.3, 0.4) is 0 Å². The number of hydrogen-bond donors (Lipinski definition) is 3. The zero-order valence-electron chi connectivity index (χ0n) is 18.7. The molecule has 0 aliphatic rings. The van der Waals surface area contributed by atoms with Crippen LogP contribution in [0.2, 0.25) is 0 Å². The highest BCUT2D eigenvalue weighted by molar-refractivity contribution is 6.27. The van der Waals surface area contributed by atoms with Gasteiger partial charge in [-0.3, -0.25) is 4.98 Å². The summed E-state index contributed by atoms with van der Waals surface area (Å²) in [6.45, 7) is 4.16. The van der Waals surface area contributed by atoms with Gasteiger partial charge in [-0.2, -0.15) is 0 Å². The molecule has 3 aromatic rings. The van der Waals surface area contributed by atoms with Gasteiger partial charge in [-0.25, -0.2) is 9.59 Å². The first-order chi connectivity index (χ1) is 15.8. The third-order valence-electron chi connectivity index (χ3n) is 4.90. The van der Waals surface area contributed by atoms with Gasteiger partial charge in [-0.05, 0) is 53.6 Å². The van der Waals surface area contributed by atoms with Crippen LogP contribution in [0.5, 0.6) is 5.75 Å². The van der Waals surface area contributed by atoms with Crippen LogP contribution in [-0.2, 0) is 16.0 Å². The summed E-state index contributed by atoms with van der Waals surface area (Å²) in [5.41, 5.74) is 3.47. The fraction of sp³-hybridized carbons (Fsp3) is 0.269. The first-order valence-electron chi connectivity index (χ1n) is 10.6. The molecule has 7 heteroatoms. The Bertz CT molecular complexity index is 978. The summed E-state index contributed by atoms with van der Waals surface area (Å²) in [5, 5.41) is 25.5. The van der Waals surface area contributed by atoms with Crippen molar-refractivity contribution in [3.8, 4) is 16.9 Å². The largest absolute Gasteiger partial charge is 0.487 e. The molecule has 0 aliphatic carbocycles. The molecule has 0 unspecified atom stereocenters. The first-order valence-corrected chi connectivity index (χ1v) is 10.6. The Morgan fingerprint density at radius 1 is 0.879 bits per heavy atom.